The molecule has 0 bridgehead atoms. The number of hydrogen-bond acceptors (Lipinski definition) is 5. The van der Waals surface area contributed by atoms with Gasteiger partial charge in [-0.25, -0.2) is 4.98 Å². The summed E-state index contributed by atoms with van der Waals surface area (Å²) in [5, 5.41) is 2.77. The smallest absolute Gasteiger partial charge is 0.307 e. The van der Waals surface area contributed by atoms with Crippen molar-refractivity contribution in [2.45, 2.75) is 26.4 Å². The molecule has 7 nitrogen and oxygen atoms in total. The number of nitrogens with zero attached hydrogens (tertiary/aromatic N) is 3. The summed E-state index contributed by atoms with van der Waals surface area (Å²) in [5.74, 6) is 0.284. The van der Waals surface area contributed by atoms with Crippen LogP contribution >= 0.6 is 0 Å². The first-order chi connectivity index (χ1) is 10.6. The third-order valence-electron chi connectivity index (χ3n) is 3.54. The van der Waals surface area contributed by atoms with Gasteiger partial charge >= 0.3 is 5.91 Å². The second-order valence-electron chi connectivity index (χ2n) is 5.13. The fourth-order valence-corrected chi connectivity index (χ4v) is 2.31. The number of pyridine rings is 1. The number of aromatic nitrogens is 2. The maximum Gasteiger partial charge on any atom is 0.307 e. The highest BCUT2D eigenvalue weighted by Gasteiger charge is 2.28. The van der Waals surface area contributed by atoms with E-state index < -0.39 is 0 Å². The Labute approximate surface area is 127 Å². The lowest BCUT2D eigenvalue weighted by Crippen LogP contribution is -2.26. The largest absolute Gasteiger partial charge is 0.435 e. The summed E-state index contributed by atoms with van der Waals surface area (Å²) >= 11 is 0. The van der Waals surface area contributed by atoms with Gasteiger partial charge < -0.3 is 14.6 Å². The monoisotopic (exact) mass is 300 g/mol. The highest BCUT2D eigenvalue weighted by molar-refractivity contribution is 5.89. The molecule has 0 saturated heterocycles. The number of fused-ring (bicyclic) bond motifs is 1. The molecule has 0 aromatic carbocycles. The first-order valence-corrected chi connectivity index (χ1v) is 7.04. The van der Waals surface area contributed by atoms with Crippen molar-refractivity contribution in [2.24, 2.45) is 0 Å². The molecule has 0 saturated carbocycles. The van der Waals surface area contributed by atoms with E-state index in [1.165, 1.54) is 6.92 Å². The van der Waals surface area contributed by atoms with Crippen LogP contribution in [0.3, 0.4) is 0 Å². The zero-order valence-electron chi connectivity index (χ0n) is 12.2. The van der Waals surface area contributed by atoms with Crippen molar-refractivity contribution in [3.8, 4) is 0 Å². The molecule has 0 unspecified atom stereocenters. The number of oxazole rings is 1. The van der Waals surface area contributed by atoms with Crippen molar-refractivity contribution < 1.29 is 14.0 Å². The van der Waals surface area contributed by atoms with Crippen molar-refractivity contribution in [3.63, 3.8) is 0 Å². The third-order valence-corrected chi connectivity index (χ3v) is 3.54. The Morgan fingerprint density at radius 1 is 1.32 bits per heavy atom. The number of rotatable bonds is 4. The van der Waals surface area contributed by atoms with Gasteiger partial charge in [0.15, 0.2) is 0 Å². The van der Waals surface area contributed by atoms with E-state index >= 15 is 0 Å². The minimum Gasteiger partial charge on any atom is -0.435 e. The molecule has 0 aliphatic carbocycles. The van der Waals surface area contributed by atoms with Gasteiger partial charge in [-0.2, -0.15) is 0 Å². The Bertz CT molecular complexity index is 673. The zero-order valence-corrected chi connectivity index (χ0v) is 12.2. The Morgan fingerprint density at radius 2 is 2.09 bits per heavy atom. The SMILES string of the molecule is CC(=O)N1Cc2nc(C(=O)NCCc3ccncc3)oc2C1. The molecule has 114 valence electrons. The molecule has 1 aliphatic rings. The van der Waals surface area contributed by atoms with Crippen LogP contribution in [0.2, 0.25) is 0 Å². The molecular weight excluding hydrogens is 284 g/mol. The summed E-state index contributed by atoms with van der Waals surface area (Å²) in [6.07, 6.45) is 4.15. The van der Waals surface area contributed by atoms with E-state index in [0.29, 0.717) is 37.5 Å². The molecule has 7 heteroatoms. The van der Waals surface area contributed by atoms with Gasteiger partial charge in [-0.1, -0.05) is 0 Å². The van der Waals surface area contributed by atoms with Gasteiger partial charge in [0.25, 0.3) is 5.89 Å². The van der Waals surface area contributed by atoms with Gasteiger partial charge in [0.2, 0.25) is 5.91 Å². The Hall–Kier alpha value is -2.70. The summed E-state index contributed by atoms with van der Waals surface area (Å²) < 4.78 is 5.44. The average Bonchev–Trinajstić information content (AvgIpc) is 3.06. The van der Waals surface area contributed by atoms with E-state index in [1.54, 1.807) is 17.3 Å². The fourth-order valence-electron chi connectivity index (χ4n) is 2.31. The summed E-state index contributed by atoms with van der Waals surface area (Å²) in [6, 6.07) is 3.81. The number of carbonyl (C=O) groups excluding carboxylic acids is 2. The van der Waals surface area contributed by atoms with E-state index in [9.17, 15) is 9.59 Å². The minimum absolute atomic E-state index is 0.0310. The van der Waals surface area contributed by atoms with E-state index in [-0.39, 0.29) is 17.7 Å². The van der Waals surface area contributed by atoms with Crippen molar-refractivity contribution in [1.29, 1.82) is 0 Å². The van der Waals surface area contributed by atoms with E-state index in [2.05, 4.69) is 15.3 Å². The molecular formula is C15H16N4O3. The molecule has 3 heterocycles. The standard InChI is InChI=1S/C15H16N4O3/c1-10(20)19-8-12-13(9-19)22-15(18-12)14(21)17-7-4-11-2-5-16-6-3-11/h2-3,5-6H,4,7-9H2,1H3,(H,17,21). The van der Waals surface area contributed by atoms with Gasteiger partial charge in [0, 0.05) is 25.9 Å². The predicted octanol–water partition coefficient (Wildman–Crippen LogP) is 0.904. The first kappa shape index (κ1) is 14.2. The molecule has 0 radical (unpaired) electrons. The van der Waals surface area contributed by atoms with Gasteiger partial charge in [0.1, 0.15) is 11.5 Å². The van der Waals surface area contributed by atoms with E-state index in [0.717, 1.165) is 5.56 Å². The molecule has 0 fully saturated rings. The molecule has 2 aromatic heterocycles. The molecule has 1 N–H and O–H groups in total. The lowest BCUT2D eigenvalue weighted by molar-refractivity contribution is -0.129. The number of nitrogens with one attached hydrogen (secondary N) is 1. The normalized spacial score (nSPS) is 13.0. The quantitative estimate of drug-likeness (QED) is 0.906. The highest BCUT2D eigenvalue weighted by atomic mass is 16.4. The highest BCUT2D eigenvalue weighted by Crippen LogP contribution is 2.23. The topological polar surface area (TPSA) is 88.3 Å². The number of amides is 2. The Balaban J connectivity index is 1.54. The fraction of sp³-hybridized carbons (Fsp3) is 0.333. The summed E-state index contributed by atoms with van der Waals surface area (Å²) in [5.41, 5.74) is 1.76. The molecule has 22 heavy (non-hydrogen) atoms. The van der Waals surface area contributed by atoms with E-state index in [4.69, 9.17) is 4.42 Å². The second-order valence-corrected chi connectivity index (χ2v) is 5.13. The van der Waals surface area contributed by atoms with E-state index in [1.807, 2.05) is 12.1 Å². The number of carbonyl (C=O) groups is 2. The molecule has 2 aromatic rings. The van der Waals surface area contributed by atoms with Gasteiger partial charge in [-0.3, -0.25) is 14.6 Å². The molecule has 2 amide bonds. The second kappa shape index (κ2) is 5.97. The van der Waals surface area contributed by atoms with Crippen molar-refractivity contribution in [2.75, 3.05) is 6.54 Å². The van der Waals surface area contributed by atoms with Crippen molar-refractivity contribution in [1.82, 2.24) is 20.2 Å². The molecule has 1 aliphatic heterocycles. The van der Waals surface area contributed by atoms with Crippen LogP contribution in [0.4, 0.5) is 0 Å². The maximum absolute atomic E-state index is 12.0. The first-order valence-electron chi connectivity index (χ1n) is 7.04. The van der Waals surface area contributed by atoms with Crippen LogP contribution < -0.4 is 5.32 Å². The lowest BCUT2D eigenvalue weighted by Gasteiger charge is -2.11. The predicted molar refractivity (Wildman–Crippen MR) is 76.7 cm³/mol. The molecule has 3 rings (SSSR count). The van der Waals surface area contributed by atoms with Gasteiger partial charge in [-0.05, 0) is 24.1 Å². The molecule has 0 atom stereocenters. The zero-order chi connectivity index (χ0) is 15.5. The van der Waals surface area contributed by atoms with Crippen LogP contribution in [0, 0.1) is 0 Å². The maximum atomic E-state index is 12.0. The third kappa shape index (κ3) is 2.98. The lowest BCUT2D eigenvalue weighted by atomic mass is 10.2. The van der Waals surface area contributed by atoms with Crippen LogP contribution in [-0.2, 0) is 24.3 Å². The van der Waals surface area contributed by atoms with Crippen LogP contribution in [0.25, 0.3) is 0 Å². The average molecular weight is 300 g/mol. The van der Waals surface area contributed by atoms with Crippen LogP contribution in [0.1, 0.15) is 34.6 Å². The minimum atomic E-state index is -0.335. The van der Waals surface area contributed by atoms with Crippen LogP contribution in [0.5, 0.6) is 0 Å². The van der Waals surface area contributed by atoms with Crippen LogP contribution in [0.15, 0.2) is 28.9 Å². The van der Waals surface area contributed by atoms with Crippen molar-refractivity contribution in [3.05, 3.63) is 47.4 Å². The molecule has 0 spiro atoms. The van der Waals surface area contributed by atoms with Crippen molar-refractivity contribution >= 4 is 11.8 Å². The summed E-state index contributed by atoms with van der Waals surface area (Å²) in [6.45, 7) is 2.77. The van der Waals surface area contributed by atoms with Gasteiger partial charge in [-0.15, -0.1) is 0 Å². The van der Waals surface area contributed by atoms with Crippen LogP contribution in [-0.4, -0.2) is 33.2 Å². The summed E-state index contributed by atoms with van der Waals surface area (Å²) in [7, 11) is 0. The number of hydrogen-bond donors (Lipinski definition) is 1. The Kier molecular flexibility index (Phi) is 3.86. The van der Waals surface area contributed by atoms with Gasteiger partial charge in [0.05, 0.1) is 13.1 Å². The summed E-state index contributed by atoms with van der Waals surface area (Å²) in [4.78, 5) is 33.0. The Morgan fingerprint density at radius 3 is 2.77 bits per heavy atom.